The van der Waals surface area contributed by atoms with Gasteiger partial charge in [-0.25, -0.2) is 0 Å². The fourth-order valence-electron chi connectivity index (χ4n) is 1.48. The summed E-state index contributed by atoms with van der Waals surface area (Å²) in [6.07, 6.45) is 2.52. The van der Waals surface area contributed by atoms with E-state index in [1.807, 2.05) is 11.8 Å². The Kier molecular flexibility index (Phi) is 1.70. The molecule has 1 spiro atoms. The molecule has 2 aliphatic rings. The number of rotatable bonds is 0. The van der Waals surface area contributed by atoms with E-state index < -0.39 is 0 Å². The van der Waals surface area contributed by atoms with E-state index in [4.69, 9.17) is 0 Å². The van der Waals surface area contributed by atoms with E-state index in [2.05, 4.69) is 15.9 Å². The lowest BCUT2D eigenvalue weighted by molar-refractivity contribution is 0.426. The van der Waals surface area contributed by atoms with Crippen LogP contribution in [0.1, 0.15) is 12.8 Å². The predicted octanol–water partition coefficient (Wildman–Crippen LogP) is 0.761. The van der Waals surface area contributed by atoms with Gasteiger partial charge >= 0.3 is 0 Å². The van der Waals surface area contributed by atoms with E-state index in [1.54, 1.807) is 0 Å². The number of thioether (sulfide) groups is 1. The molecule has 0 unspecified atom stereocenters. The lowest BCUT2D eigenvalue weighted by atomic mass is 9.97. The first kappa shape index (κ1) is 6.68. The van der Waals surface area contributed by atoms with Crippen LogP contribution in [0.3, 0.4) is 0 Å². The number of hydrogen-bond donors (Lipinski definition) is 1. The smallest absolute Gasteiger partial charge is 0.123 e. The van der Waals surface area contributed by atoms with E-state index >= 15 is 0 Å². The van der Waals surface area contributed by atoms with E-state index in [-0.39, 0.29) is 0 Å². The Morgan fingerprint density at radius 1 is 1.40 bits per heavy atom. The number of nitrogens with zero attached hydrogens (tertiary/aromatic N) is 1. The Morgan fingerprint density at radius 2 is 2.20 bits per heavy atom. The second kappa shape index (κ2) is 2.55. The van der Waals surface area contributed by atoms with Crippen molar-refractivity contribution >= 4 is 17.3 Å². The minimum atomic E-state index is 0.450. The molecule has 0 bridgehead atoms. The molecule has 55 valence electrons. The Morgan fingerprint density at radius 3 is 2.80 bits per heavy atom. The number of nitrogens with one attached hydrogen (secondary N) is 1. The Labute approximate surface area is 65.5 Å². The van der Waals surface area contributed by atoms with E-state index in [0.29, 0.717) is 4.75 Å². The minimum Gasteiger partial charge on any atom is -0.317 e. The third-order valence-electron chi connectivity index (χ3n) is 2.21. The van der Waals surface area contributed by atoms with Crippen molar-refractivity contribution < 1.29 is 0 Å². The summed E-state index contributed by atoms with van der Waals surface area (Å²) in [7, 11) is 0. The molecule has 10 heavy (non-hydrogen) atoms. The average Bonchev–Trinajstić information content (AvgIpc) is 2.39. The molecule has 2 rings (SSSR count). The highest BCUT2D eigenvalue weighted by Crippen LogP contribution is 2.36. The first-order valence-corrected chi connectivity index (χ1v) is 4.53. The SMILES string of the molecule is [C]1=NCC2(CCNCC2)S1. The molecule has 1 N–H and O–H groups in total. The maximum absolute atomic E-state index is 4.15. The maximum Gasteiger partial charge on any atom is 0.123 e. The van der Waals surface area contributed by atoms with Crippen LogP contribution in [0.5, 0.6) is 0 Å². The van der Waals surface area contributed by atoms with E-state index in [0.717, 1.165) is 19.6 Å². The molecule has 0 aromatic heterocycles. The van der Waals surface area contributed by atoms with E-state index in [9.17, 15) is 0 Å². The lowest BCUT2D eigenvalue weighted by Gasteiger charge is -2.31. The van der Waals surface area contributed by atoms with Crippen LogP contribution in [-0.4, -0.2) is 29.9 Å². The fourth-order valence-corrected chi connectivity index (χ4v) is 2.34. The van der Waals surface area contributed by atoms with Gasteiger partial charge in [-0.2, -0.15) is 0 Å². The monoisotopic (exact) mass is 155 g/mol. The van der Waals surface area contributed by atoms with Crippen molar-refractivity contribution in [1.29, 1.82) is 0 Å². The molecule has 0 aromatic rings. The van der Waals surface area contributed by atoms with Gasteiger partial charge in [0.25, 0.3) is 0 Å². The lowest BCUT2D eigenvalue weighted by Crippen LogP contribution is -2.40. The molecule has 0 aromatic carbocycles. The Hall–Kier alpha value is -0.0200. The third kappa shape index (κ3) is 1.08. The van der Waals surface area contributed by atoms with Crippen LogP contribution < -0.4 is 5.32 Å². The highest BCUT2D eigenvalue weighted by atomic mass is 32.2. The van der Waals surface area contributed by atoms with Gasteiger partial charge in [-0.15, -0.1) is 0 Å². The van der Waals surface area contributed by atoms with E-state index in [1.165, 1.54) is 12.8 Å². The van der Waals surface area contributed by atoms with Gasteiger partial charge in [-0.3, -0.25) is 4.99 Å². The summed E-state index contributed by atoms with van der Waals surface area (Å²) >= 11 is 1.81. The fraction of sp³-hybridized carbons (Fsp3) is 0.857. The predicted molar refractivity (Wildman–Crippen MR) is 44.7 cm³/mol. The minimum absolute atomic E-state index is 0.450. The van der Waals surface area contributed by atoms with Crippen LogP contribution in [0.25, 0.3) is 0 Å². The quantitative estimate of drug-likeness (QED) is 0.558. The number of hydrogen-bond acceptors (Lipinski definition) is 3. The Bertz CT molecular complexity index is 140. The van der Waals surface area contributed by atoms with Gasteiger partial charge < -0.3 is 5.32 Å². The molecule has 0 amide bonds. The van der Waals surface area contributed by atoms with Gasteiger partial charge in [0.1, 0.15) is 5.55 Å². The molecule has 0 atom stereocenters. The van der Waals surface area contributed by atoms with Crippen LogP contribution in [0.2, 0.25) is 0 Å². The zero-order valence-corrected chi connectivity index (χ0v) is 6.71. The molecule has 2 aliphatic heterocycles. The topological polar surface area (TPSA) is 24.4 Å². The van der Waals surface area contributed by atoms with Crippen molar-refractivity contribution in [1.82, 2.24) is 5.32 Å². The van der Waals surface area contributed by atoms with Crippen molar-refractivity contribution in [3.05, 3.63) is 0 Å². The summed E-state index contributed by atoms with van der Waals surface area (Å²) in [5, 5.41) is 3.35. The van der Waals surface area contributed by atoms with Crippen molar-refractivity contribution in [3.8, 4) is 0 Å². The molecular formula is C7H11N2S. The van der Waals surface area contributed by atoms with Crippen molar-refractivity contribution in [3.63, 3.8) is 0 Å². The van der Waals surface area contributed by atoms with Crippen molar-refractivity contribution in [2.24, 2.45) is 4.99 Å². The van der Waals surface area contributed by atoms with Gasteiger partial charge in [0.05, 0.1) is 6.54 Å². The molecule has 1 fully saturated rings. The highest BCUT2D eigenvalue weighted by Gasteiger charge is 2.34. The Balaban J connectivity index is 2.00. The molecule has 1 saturated heterocycles. The largest absolute Gasteiger partial charge is 0.317 e. The summed E-state index contributed by atoms with van der Waals surface area (Å²) in [4.78, 5) is 4.15. The average molecular weight is 155 g/mol. The first-order chi connectivity index (χ1) is 4.91. The van der Waals surface area contributed by atoms with Gasteiger partial charge in [0.2, 0.25) is 0 Å². The first-order valence-electron chi connectivity index (χ1n) is 3.72. The zero-order chi connectivity index (χ0) is 6.86. The highest BCUT2D eigenvalue weighted by molar-refractivity contribution is 8.13. The third-order valence-corrected chi connectivity index (χ3v) is 3.40. The summed E-state index contributed by atoms with van der Waals surface area (Å²) in [6.45, 7) is 3.31. The van der Waals surface area contributed by atoms with Gasteiger partial charge in [0, 0.05) is 4.75 Å². The zero-order valence-electron chi connectivity index (χ0n) is 5.89. The van der Waals surface area contributed by atoms with Crippen LogP contribution in [0, 0.1) is 0 Å². The maximum atomic E-state index is 4.15. The summed E-state index contributed by atoms with van der Waals surface area (Å²) in [6, 6.07) is 0. The molecule has 0 aliphatic carbocycles. The number of piperidine rings is 1. The van der Waals surface area contributed by atoms with Crippen LogP contribution in [-0.2, 0) is 0 Å². The van der Waals surface area contributed by atoms with Crippen LogP contribution in [0.4, 0.5) is 0 Å². The van der Waals surface area contributed by atoms with Crippen molar-refractivity contribution in [2.75, 3.05) is 19.6 Å². The summed E-state index contributed by atoms with van der Waals surface area (Å²) < 4.78 is 0.450. The second-order valence-electron chi connectivity index (χ2n) is 2.94. The normalized spacial score (nSPS) is 29.6. The molecule has 2 heterocycles. The molecule has 2 nitrogen and oxygen atoms in total. The standard InChI is InChI=1S/C7H11N2S/c1-3-8-4-2-7(1)5-9-6-10-7/h8H,1-5H2. The van der Waals surface area contributed by atoms with Gasteiger partial charge in [-0.05, 0) is 25.9 Å². The molecule has 1 radical (unpaired) electrons. The molecule has 3 heteroatoms. The second-order valence-corrected chi connectivity index (χ2v) is 4.20. The van der Waals surface area contributed by atoms with Crippen LogP contribution >= 0.6 is 11.8 Å². The van der Waals surface area contributed by atoms with Crippen molar-refractivity contribution in [2.45, 2.75) is 17.6 Å². The van der Waals surface area contributed by atoms with Crippen LogP contribution in [0.15, 0.2) is 4.99 Å². The summed E-state index contributed by atoms with van der Waals surface area (Å²) in [5.74, 6) is 0. The summed E-state index contributed by atoms with van der Waals surface area (Å²) in [5.41, 5.74) is 3.00. The van der Waals surface area contributed by atoms with Gasteiger partial charge in [-0.1, -0.05) is 11.8 Å². The van der Waals surface area contributed by atoms with Gasteiger partial charge in [0.15, 0.2) is 0 Å². The molecule has 0 saturated carbocycles. The number of aliphatic imine (C=N–C) groups is 1. The molecular weight excluding hydrogens is 144 g/mol.